The molecule has 6 rings (SSSR count). The van der Waals surface area contributed by atoms with Gasteiger partial charge in [-0.3, -0.25) is 4.79 Å². The second-order valence-electron chi connectivity index (χ2n) is 10.6. The van der Waals surface area contributed by atoms with E-state index in [1.54, 1.807) is 11.9 Å². The number of carbonyl (C=O) groups excluding carboxylic acids is 1. The molecule has 5 aliphatic rings. The topological polar surface area (TPSA) is 93.5 Å². The maximum absolute atomic E-state index is 13.5. The third-order valence-electron chi connectivity index (χ3n) is 8.51. The molecule has 0 spiro atoms. The summed E-state index contributed by atoms with van der Waals surface area (Å²) in [5, 5.41) is 12.9. The normalized spacial score (nSPS) is 35.2. The van der Waals surface area contributed by atoms with Gasteiger partial charge in [0.05, 0.1) is 17.5 Å². The van der Waals surface area contributed by atoms with Gasteiger partial charge in [0, 0.05) is 24.7 Å². The fourth-order valence-electron chi connectivity index (χ4n) is 7.37. The highest BCUT2D eigenvalue weighted by Gasteiger charge is 2.60. The van der Waals surface area contributed by atoms with Crippen LogP contribution >= 0.6 is 0 Å². The van der Waals surface area contributed by atoms with Gasteiger partial charge in [-0.2, -0.15) is 9.57 Å². The fourth-order valence-corrected chi connectivity index (χ4v) is 8.89. The first-order chi connectivity index (χ1) is 15.7. The van der Waals surface area contributed by atoms with Crippen molar-refractivity contribution in [3.05, 3.63) is 30.1 Å². The number of hydrogen-bond acceptors (Lipinski definition) is 5. The summed E-state index contributed by atoms with van der Waals surface area (Å²) >= 11 is 0. The number of nitriles is 1. The Morgan fingerprint density at radius 2 is 1.91 bits per heavy atom. The van der Waals surface area contributed by atoms with Crippen molar-refractivity contribution in [1.29, 1.82) is 5.26 Å². The van der Waals surface area contributed by atoms with E-state index in [1.807, 2.05) is 0 Å². The summed E-state index contributed by atoms with van der Waals surface area (Å²) in [6, 6.07) is 6.91. The quantitative estimate of drug-likeness (QED) is 0.684. The van der Waals surface area contributed by atoms with Crippen LogP contribution in [0.3, 0.4) is 0 Å². The van der Waals surface area contributed by atoms with Gasteiger partial charge in [-0.1, -0.05) is 0 Å². The average Bonchev–Trinajstić information content (AvgIpc) is 3.25. The van der Waals surface area contributed by atoms with Crippen LogP contribution in [0, 0.1) is 29.0 Å². The number of sulfonamides is 1. The van der Waals surface area contributed by atoms with Crippen LogP contribution in [0.2, 0.25) is 0 Å². The highest BCUT2D eigenvalue weighted by Crippen LogP contribution is 2.60. The summed E-state index contributed by atoms with van der Waals surface area (Å²) in [6.45, 7) is 0.807. The van der Waals surface area contributed by atoms with Crippen LogP contribution in [0.25, 0.3) is 0 Å². The van der Waals surface area contributed by atoms with Crippen LogP contribution < -0.4 is 5.32 Å². The summed E-state index contributed by atoms with van der Waals surface area (Å²) in [4.78, 5) is 14.7. The van der Waals surface area contributed by atoms with E-state index >= 15 is 0 Å². The van der Waals surface area contributed by atoms with Crippen molar-refractivity contribution in [1.82, 2.24) is 14.5 Å². The molecule has 4 bridgehead atoms. The van der Waals surface area contributed by atoms with E-state index in [1.165, 1.54) is 28.6 Å². The minimum atomic E-state index is -3.77. The number of rotatable bonds is 6. The second kappa shape index (κ2) is 8.03. The van der Waals surface area contributed by atoms with Crippen molar-refractivity contribution >= 4 is 15.9 Å². The first-order valence-corrected chi connectivity index (χ1v) is 13.3. The van der Waals surface area contributed by atoms with E-state index in [9.17, 15) is 22.9 Å². The molecule has 1 saturated heterocycles. The van der Waals surface area contributed by atoms with Gasteiger partial charge in [0.15, 0.2) is 0 Å². The molecule has 1 aromatic carbocycles. The Morgan fingerprint density at radius 3 is 2.55 bits per heavy atom. The summed E-state index contributed by atoms with van der Waals surface area (Å²) in [5.41, 5.74) is -0.773. The first-order valence-electron chi connectivity index (χ1n) is 11.9. The smallest absolute Gasteiger partial charge is 0.243 e. The number of amides is 1. The van der Waals surface area contributed by atoms with Crippen LogP contribution in [-0.4, -0.2) is 60.8 Å². The van der Waals surface area contributed by atoms with Gasteiger partial charge in [-0.25, -0.2) is 12.8 Å². The van der Waals surface area contributed by atoms with Gasteiger partial charge in [-0.15, -0.1) is 0 Å². The maximum Gasteiger partial charge on any atom is 0.243 e. The lowest BCUT2D eigenvalue weighted by Crippen LogP contribution is -2.69. The number of hydrogen-bond donors (Lipinski definition) is 1. The molecule has 3 atom stereocenters. The number of benzene rings is 1. The van der Waals surface area contributed by atoms with Crippen molar-refractivity contribution < 1.29 is 17.6 Å². The van der Waals surface area contributed by atoms with E-state index in [2.05, 4.69) is 11.4 Å². The van der Waals surface area contributed by atoms with Crippen molar-refractivity contribution in [2.45, 2.75) is 73.4 Å². The van der Waals surface area contributed by atoms with Gasteiger partial charge < -0.3 is 10.2 Å². The van der Waals surface area contributed by atoms with Gasteiger partial charge >= 0.3 is 0 Å². The molecule has 5 fully saturated rings. The minimum absolute atomic E-state index is 0.0452. The molecule has 1 amide bonds. The van der Waals surface area contributed by atoms with Crippen molar-refractivity contribution in [2.24, 2.45) is 11.8 Å². The predicted octanol–water partition coefficient (Wildman–Crippen LogP) is 2.64. The number of nitrogens with zero attached hydrogens (tertiary/aromatic N) is 3. The lowest BCUT2D eigenvalue weighted by molar-refractivity contribution is -0.132. The zero-order chi connectivity index (χ0) is 23.4. The van der Waals surface area contributed by atoms with Gasteiger partial charge in [0.2, 0.25) is 15.9 Å². The highest BCUT2D eigenvalue weighted by molar-refractivity contribution is 7.89. The zero-order valence-electron chi connectivity index (χ0n) is 19.0. The molecule has 0 radical (unpaired) electrons. The van der Waals surface area contributed by atoms with Crippen LogP contribution in [0.5, 0.6) is 0 Å². The van der Waals surface area contributed by atoms with Crippen LogP contribution in [0.1, 0.15) is 51.4 Å². The van der Waals surface area contributed by atoms with E-state index in [0.29, 0.717) is 24.8 Å². The summed E-state index contributed by atoms with van der Waals surface area (Å²) < 4.78 is 41.8. The molecule has 33 heavy (non-hydrogen) atoms. The molecule has 1 heterocycles. The Morgan fingerprint density at radius 1 is 1.24 bits per heavy atom. The summed E-state index contributed by atoms with van der Waals surface area (Å²) in [6.07, 6.45) is 6.89. The molecular weight excluding hydrogens is 443 g/mol. The minimum Gasteiger partial charge on any atom is -0.326 e. The summed E-state index contributed by atoms with van der Waals surface area (Å²) in [7, 11) is -2.11. The highest BCUT2D eigenvalue weighted by atomic mass is 32.2. The lowest BCUT2D eigenvalue weighted by Gasteiger charge is -2.64. The van der Waals surface area contributed by atoms with E-state index in [4.69, 9.17) is 0 Å². The number of halogens is 1. The second-order valence-corrected chi connectivity index (χ2v) is 12.6. The first kappa shape index (κ1) is 22.8. The average molecular weight is 475 g/mol. The number of nitrogens with one attached hydrogen (secondary N) is 1. The molecule has 1 N–H and O–H groups in total. The van der Waals surface area contributed by atoms with Crippen LogP contribution in [-0.2, 0) is 14.8 Å². The Balaban J connectivity index is 1.36. The third kappa shape index (κ3) is 3.86. The SMILES string of the molecule is CN(C12CC3CC(CC(NCC(=O)N4CCC[C@H]4C#N)(C3)C1)C2)S(=O)(=O)c1ccc(F)cc1. The fraction of sp³-hybridized carbons (Fsp3) is 0.667. The van der Waals surface area contributed by atoms with Gasteiger partial charge in [-0.05, 0) is 87.5 Å². The molecule has 2 unspecified atom stereocenters. The lowest BCUT2D eigenvalue weighted by atomic mass is 9.50. The Hall–Kier alpha value is -2.02. The Kier molecular flexibility index (Phi) is 5.54. The molecule has 7 nitrogen and oxygen atoms in total. The van der Waals surface area contributed by atoms with Crippen molar-refractivity contribution in [2.75, 3.05) is 20.1 Å². The monoisotopic (exact) mass is 474 g/mol. The van der Waals surface area contributed by atoms with Crippen molar-refractivity contribution in [3.63, 3.8) is 0 Å². The maximum atomic E-state index is 13.5. The molecule has 4 aliphatic carbocycles. The number of likely N-dealkylation sites (tertiary alicyclic amines) is 1. The van der Waals surface area contributed by atoms with E-state index in [-0.39, 0.29) is 28.9 Å². The zero-order valence-corrected chi connectivity index (χ0v) is 19.8. The Labute approximate surface area is 195 Å². The largest absolute Gasteiger partial charge is 0.326 e. The molecule has 178 valence electrons. The molecule has 4 saturated carbocycles. The van der Waals surface area contributed by atoms with Gasteiger partial charge in [0.25, 0.3) is 0 Å². The molecular formula is C24H31FN4O3S. The van der Waals surface area contributed by atoms with Gasteiger partial charge in [0.1, 0.15) is 11.9 Å². The van der Waals surface area contributed by atoms with E-state index < -0.39 is 21.4 Å². The molecule has 1 aromatic rings. The van der Waals surface area contributed by atoms with Crippen LogP contribution in [0.4, 0.5) is 4.39 Å². The Bertz CT molecular complexity index is 1070. The van der Waals surface area contributed by atoms with Crippen molar-refractivity contribution in [3.8, 4) is 6.07 Å². The van der Waals surface area contributed by atoms with Crippen LogP contribution in [0.15, 0.2) is 29.2 Å². The summed E-state index contributed by atoms with van der Waals surface area (Å²) in [5.74, 6) is 0.323. The number of carbonyl (C=O) groups is 1. The molecule has 0 aromatic heterocycles. The third-order valence-corrected chi connectivity index (χ3v) is 10.5. The van der Waals surface area contributed by atoms with E-state index in [0.717, 1.165) is 44.9 Å². The molecule has 1 aliphatic heterocycles. The molecule has 9 heteroatoms. The predicted molar refractivity (Wildman–Crippen MR) is 120 cm³/mol. The standard InChI is InChI=1S/C24H31FN4O3S/c1-28(33(31,32)21-6-4-19(25)5-7-21)24-12-17-9-18(13-24)11-23(10-17,16-24)27-15-22(30)29-8-2-3-20(29)14-26/h4-7,17-18,20,27H,2-3,8-13,15-16H2,1H3/t17?,18?,20-,23?,24?/m0/s1.